The molecule has 2 atom stereocenters. The van der Waals surface area contributed by atoms with Crippen molar-refractivity contribution < 1.29 is 19.1 Å². The van der Waals surface area contributed by atoms with Crippen LogP contribution in [-0.4, -0.2) is 24.1 Å². The summed E-state index contributed by atoms with van der Waals surface area (Å²) in [5.74, 6) is -1.10. The number of cyclic esters (lactones) is 2. The van der Waals surface area contributed by atoms with E-state index in [1.807, 2.05) is 0 Å². The van der Waals surface area contributed by atoms with Gasteiger partial charge in [-0.05, 0) is 13.0 Å². The van der Waals surface area contributed by atoms with E-state index in [1.54, 1.807) is 0 Å². The Hall–Kier alpha value is -1.32. The maximum atomic E-state index is 10.8. The molecule has 0 aliphatic carbocycles. The van der Waals surface area contributed by atoms with Gasteiger partial charge in [-0.25, -0.2) is 9.59 Å². The van der Waals surface area contributed by atoms with E-state index in [2.05, 4.69) is 16.1 Å². The first kappa shape index (κ1) is 7.78. The van der Waals surface area contributed by atoms with Gasteiger partial charge in [0.05, 0.1) is 0 Å². The molecule has 0 radical (unpaired) electrons. The first-order chi connectivity index (χ1) is 5.15. The molecule has 1 saturated heterocycles. The Morgan fingerprint density at radius 2 is 2.00 bits per heavy atom. The summed E-state index contributed by atoms with van der Waals surface area (Å²) < 4.78 is 9.25. The Morgan fingerprint density at radius 3 is 2.55 bits per heavy atom. The molecule has 0 aromatic carbocycles. The minimum atomic E-state index is -0.932. The van der Waals surface area contributed by atoms with E-state index in [1.165, 1.54) is 13.0 Å². The highest BCUT2D eigenvalue weighted by atomic mass is 16.6. The van der Waals surface area contributed by atoms with Crippen LogP contribution >= 0.6 is 0 Å². The molecule has 1 rings (SSSR count). The van der Waals surface area contributed by atoms with Crippen LogP contribution in [0.5, 0.6) is 0 Å². The first-order valence-electron chi connectivity index (χ1n) is 3.18. The summed E-state index contributed by atoms with van der Waals surface area (Å²) in [6.45, 7) is 4.77. The summed E-state index contributed by atoms with van der Waals surface area (Å²) in [7, 11) is 0. The fourth-order valence-corrected chi connectivity index (χ4v) is 0.703. The van der Waals surface area contributed by atoms with Crippen LogP contribution in [0.4, 0.5) is 0 Å². The molecule has 0 unspecified atom stereocenters. The van der Waals surface area contributed by atoms with Crippen LogP contribution in [0.3, 0.4) is 0 Å². The van der Waals surface area contributed by atoms with Crippen LogP contribution in [0.15, 0.2) is 12.7 Å². The highest BCUT2D eigenvalue weighted by Crippen LogP contribution is 2.10. The molecule has 4 nitrogen and oxygen atoms in total. The minimum absolute atomic E-state index is 0.533. The van der Waals surface area contributed by atoms with Gasteiger partial charge >= 0.3 is 11.9 Å². The minimum Gasteiger partial charge on any atom is -0.448 e. The molecule has 1 aliphatic heterocycles. The third-order valence-electron chi connectivity index (χ3n) is 1.31. The number of rotatable bonds is 1. The van der Waals surface area contributed by atoms with Crippen molar-refractivity contribution in [1.82, 2.24) is 0 Å². The van der Waals surface area contributed by atoms with Crippen LogP contribution in [0, 0.1) is 0 Å². The third kappa shape index (κ3) is 1.39. The Labute approximate surface area is 63.8 Å². The van der Waals surface area contributed by atoms with Gasteiger partial charge in [0, 0.05) is 0 Å². The topological polar surface area (TPSA) is 52.6 Å². The quantitative estimate of drug-likeness (QED) is 0.397. The summed E-state index contributed by atoms with van der Waals surface area (Å²) in [6.07, 6.45) is -0.496. The number of hydrogen-bond acceptors (Lipinski definition) is 4. The van der Waals surface area contributed by atoms with Gasteiger partial charge in [0.2, 0.25) is 6.10 Å². The average Bonchev–Trinajstić information content (AvgIpc) is 1.97. The fraction of sp³-hybridized carbons (Fsp3) is 0.429. The number of carbonyl (C=O) groups excluding carboxylic acids is 2. The molecule has 0 spiro atoms. The van der Waals surface area contributed by atoms with Crippen LogP contribution in [-0.2, 0) is 19.1 Å². The molecule has 0 bridgehead atoms. The Morgan fingerprint density at radius 1 is 1.36 bits per heavy atom. The van der Waals surface area contributed by atoms with Crippen LogP contribution < -0.4 is 0 Å². The highest BCUT2D eigenvalue weighted by Gasteiger charge is 2.33. The maximum absolute atomic E-state index is 10.8. The Balaban J connectivity index is 2.69. The van der Waals surface area contributed by atoms with E-state index in [4.69, 9.17) is 0 Å². The van der Waals surface area contributed by atoms with Gasteiger partial charge in [-0.2, -0.15) is 0 Å². The summed E-state index contributed by atoms with van der Waals surface area (Å²) in [5, 5.41) is 0. The SMILES string of the molecule is C=C[C@H]1OC(=O)[C@@H](C)OC1=O. The smallest absolute Gasteiger partial charge is 0.352 e. The van der Waals surface area contributed by atoms with E-state index in [9.17, 15) is 9.59 Å². The normalized spacial score (nSPS) is 30.6. The molecule has 4 heteroatoms. The van der Waals surface area contributed by atoms with Crippen molar-refractivity contribution >= 4 is 11.9 Å². The molecule has 1 aliphatic rings. The maximum Gasteiger partial charge on any atom is 0.352 e. The van der Waals surface area contributed by atoms with Gasteiger partial charge < -0.3 is 9.47 Å². The van der Waals surface area contributed by atoms with Gasteiger partial charge in [0.25, 0.3) is 0 Å². The molecule has 60 valence electrons. The molecule has 0 aromatic rings. The lowest BCUT2D eigenvalue weighted by atomic mass is 10.3. The zero-order valence-corrected chi connectivity index (χ0v) is 6.07. The van der Waals surface area contributed by atoms with E-state index in [-0.39, 0.29) is 0 Å². The van der Waals surface area contributed by atoms with Crippen LogP contribution in [0.1, 0.15) is 6.92 Å². The Kier molecular flexibility index (Phi) is 1.94. The van der Waals surface area contributed by atoms with E-state index >= 15 is 0 Å². The summed E-state index contributed by atoms with van der Waals surface area (Å²) >= 11 is 0. The highest BCUT2D eigenvalue weighted by molar-refractivity contribution is 5.88. The van der Waals surface area contributed by atoms with Crippen molar-refractivity contribution in [2.24, 2.45) is 0 Å². The molecule has 0 saturated carbocycles. The van der Waals surface area contributed by atoms with Gasteiger partial charge in [0.15, 0.2) is 6.10 Å². The third-order valence-corrected chi connectivity index (χ3v) is 1.31. The van der Waals surface area contributed by atoms with Gasteiger partial charge in [0.1, 0.15) is 0 Å². The van der Waals surface area contributed by atoms with Crippen molar-refractivity contribution in [3.05, 3.63) is 12.7 Å². The van der Waals surface area contributed by atoms with Gasteiger partial charge in [-0.1, -0.05) is 6.58 Å². The summed E-state index contributed by atoms with van der Waals surface area (Å²) in [4.78, 5) is 21.6. The number of carbonyl (C=O) groups is 2. The van der Waals surface area contributed by atoms with Crippen LogP contribution in [0.2, 0.25) is 0 Å². The molecule has 1 heterocycles. The number of esters is 2. The Bertz CT molecular complexity index is 208. The second-order valence-corrected chi connectivity index (χ2v) is 2.17. The first-order valence-corrected chi connectivity index (χ1v) is 3.18. The zero-order chi connectivity index (χ0) is 8.43. The van der Waals surface area contributed by atoms with E-state index < -0.39 is 24.1 Å². The molecule has 11 heavy (non-hydrogen) atoms. The van der Waals surface area contributed by atoms with Crippen molar-refractivity contribution in [3.8, 4) is 0 Å². The van der Waals surface area contributed by atoms with Crippen LogP contribution in [0.25, 0.3) is 0 Å². The molecule has 1 fully saturated rings. The second kappa shape index (κ2) is 2.74. The largest absolute Gasteiger partial charge is 0.448 e. The monoisotopic (exact) mass is 156 g/mol. The molecular weight excluding hydrogens is 148 g/mol. The summed E-state index contributed by atoms with van der Waals surface area (Å²) in [5.41, 5.74) is 0. The van der Waals surface area contributed by atoms with Crippen molar-refractivity contribution in [2.45, 2.75) is 19.1 Å². The lowest BCUT2D eigenvalue weighted by molar-refractivity contribution is -0.189. The van der Waals surface area contributed by atoms with Gasteiger partial charge in [-0.3, -0.25) is 0 Å². The molecule has 0 N–H and O–H groups in total. The van der Waals surface area contributed by atoms with Crippen molar-refractivity contribution in [3.63, 3.8) is 0 Å². The fourth-order valence-electron chi connectivity index (χ4n) is 0.703. The average molecular weight is 156 g/mol. The standard InChI is InChI=1S/C7H8O4/c1-3-5-7(9)10-4(2)6(8)11-5/h3-5H,1H2,2H3/t4-,5-/m1/s1. The van der Waals surface area contributed by atoms with Gasteiger partial charge in [-0.15, -0.1) is 0 Å². The predicted octanol–water partition coefficient (Wildman–Crippen LogP) is 0.0295. The second-order valence-electron chi connectivity index (χ2n) is 2.17. The summed E-state index contributed by atoms with van der Waals surface area (Å²) in [6, 6.07) is 0. The molecule has 0 amide bonds. The van der Waals surface area contributed by atoms with Crippen molar-refractivity contribution in [2.75, 3.05) is 0 Å². The number of hydrogen-bond donors (Lipinski definition) is 0. The number of ether oxygens (including phenoxy) is 2. The van der Waals surface area contributed by atoms with E-state index in [0.717, 1.165) is 0 Å². The van der Waals surface area contributed by atoms with Crippen molar-refractivity contribution in [1.29, 1.82) is 0 Å². The predicted molar refractivity (Wildman–Crippen MR) is 35.6 cm³/mol. The molecular formula is C7H8O4. The lowest BCUT2D eigenvalue weighted by Gasteiger charge is -2.22. The van der Waals surface area contributed by atoms with E-state index in [0.29, 0.717) is 0 Å². The lowest BCUT2D eigenvalue weighted by Crippen LogP contribution is -2.41. The molecule has 0 aromatic heterocycles. The zero-order valence-electron chi connectivity index (χ0n) is 6.07.